The van der Waals surface area contributed by atoms with Gasteiger partial charge in [0.25, 0.3) is 0 Å². The molecule has 2 aliphatic rings. The molecule has 0 spiro atoms. The zero-order valence-corrected chi connectivity index (χ0v) is 20.5. The third kappa shape index (κ3) is 8.69. The second kappa shape index (κ2) is 14.8. The maximum absolute atomic E-state index is 5.58. The topological polar surface area (TPSA) is 61.4 Å². The second-order valence-electron chi connectivity index (χ2n) is 7.89. The number of ether oxygens (including phenoxy) is 2. The van der Waals surface area contributed by atoms with Crippen LogP contribution < -0.4 is 10.6 Å². The number of likely N-dealkylation sites (N-methyl/N-ethyl adjacent to an activating group) is 1. The van der Waals surface area contributed by atoms with Gasteiger partial charge >= 0.3 is 0 Å². The van der Waals surface area contributed by atoms with Gasteiger partial charge in [0.1, 0.15) is 0 Å². The first-order chi connectivity index (χ1) is 13.2. The molecule has 0 amide bonds. The Morgan fingerprint density at radius 2 is 1.86 bits per heavy atom. The van der Waals surface area contributed by atoms with Crippen molar-refractivity contribution in [2.45, 2.75) is 44.1 Å². The lowest BCUT2D eigenvalue weighted by Crippen LogP contribution is -2.60. The van der Waals surface area contributed by atoms with Gasteiger partial charge in [-0.05, 0) is 32.9 Å². The molecule has 7 nitrogen and oxygen atoms in total. The van der Waals surface area contributed by atoms with E-state index < -0.39 is 0 Å². The molecular weight excluding hydrogens is 469 g/mol. The van der Waals surface area contributed by atoms with E-state index >= 15 is 0 Å². The van der Waals surface area contributed by atoms with E-state index in [4.69, 9.17) is 9.47 Å². The van der Waals surface area contributed by atoms with E-state index in [9.17, 15) is 0 Å². The molecule has 0 bridgehead atoms. The summed E-state index contributed by atoms with van der Waals surface area (Å²) >= 11 is 0. The molecule has 1 saturated carbocycles. The normalized spacial score (nSPS) is 20.6. The largest absolute Gasteiger partial charge is 0.383 e. The summed E-state index contributed by atoms with van der Waals surface area (Å²) in [7, 11) is 5.75. The monoisotopic (exact) mass is 511 g/mol. The molecule has 0 atom stereocenters. The number of morpholine rings is 1. The Balaban J connectivity index is 0.00000392. The number of halogens is 1. The SMILES string of the molecule is CN=C(NCCCN(C)CCOC)NCC1(N2CCOCC2)CCCCC1.I. The van der Waals surface area contributed by atoms with Gasteiger partial charge in [0.2, 0.25) is 0 Å². The Kier molecular flexibility index (Phi) is 13.6. The van der Waals surface area contributed by atoms with Crippen molar-refractivity contribution in [3.05, 3.63) is 0 Å². The van der Waals surface area contributed by atoms with E-state index in [0.29, 0.717) is 0 Å². The minimum atomic E-state index is 0. The lowest BCUT2D eigenvalue weighted by Gasteiger charge is -2.48. The summed E-state index contributed by atoms with van der Waals surface area (Å²) in [6.07, 6.45) is 7.69. The molecule has 0 aromatic heterocycles. The van der Waals surface area contributed by atoms with Crippen molar-refractivity contribution < 1.29 is 9.47 Å². The number of hydrogen-bond acceptors (Lipinski definition) is 5. The first-order valence-corrected chi connectivity index (χ1v) is 10.6. The van der Waals surface area contributed by atoms with Gasteiger partial charge in [-0.2, -0.15) is 0 Å². The lowest BCUT2D eigenvalue weighted by atomic mass is 9.80. The summed E-state index contributed by atoms with van der Waals surface area (Å²) in [5, 5.41) is 7.10. The summed E-state index contributed by atoms with van der Waals surface area (Å²) in [4.78, 5) is 9.40. The molecule has 2 fully saturated rings. The summed E-state index contributed by atoms with van der Waals surface area (Å²) in [5.41, 5.74) is 0.264. The van der Waals surface area contributed by atoms with Crippen LogP contribution in [0.2, 0.25) is 0 Å². The maximum atomic E-state index is 5.58. The van der Waals surface area contributed by atoms with E-state index in [0.717, 1.165) is 71.5 Å². The fourth-order valence-corrected chi connectivity index (χ4v) is 4.24. The third-order valence-corrected chi connectivity index (χ3v) is 5.96. The molecule has 0 radical (unpaired) electrons. The van der Waals surface area contributed by atoms with Crippen LogP contribution in [0.5, 0.6) is 0 Å². The standard InChI is InChI=1S/C20H41N5O2.HI/c1-21-19(22-10-7-11-24(2)12-15-26-3)23-18-20(8-5-4-6-9-20)25-13-16-27-17-14-25;/h4-18H2,1-3H3,(H2,21,22,23);1H. The molecular formula is C20H42IN5O2. The van der Waals surface area contributed by atoms with Gasteiger partial charge in [-0.25, -0.2) is 0 Å². The second-order valence-corrected chi connectivity index (χ2v) is 7.89. The van der Waals surface area contributed by atoms with Gasteiger partial charge in [-0.3, -0.25) is 9.89 Å². The Labute approximate surface area is 189 Å². The zero-order valence-electron chi connectivity index (χ0n) is 18.2. The Bertz CT molecular complexity index is 427. The van der Waals surface area contributed by atoms with Gasteiger partial charge < -0.3 is 25.0 Å². The number of guanidine groups is 1. The van der Waals surface area contributed by atoms with Gasteiger partial charge in [0.05, 0.1) is 19.8 Å². The van der Waals surface area contributed by atoms with E-state index in [-0.39, 0.29) is 29.5 Å². The average Bonchev–Trinajstić information content (AvgIpc) is 2.73. The van der Waals surface area contributed by atoms with Crippen LogP contribution in [0, 0.1) is 0 Å². The minimum absolute atomic E-state index is 0. The Morgan fingerprint density at radius 3 is 2.50 bits per heavy atom. The number of nitrogens with zero attached hydrogens (tertiary/aromatic N) is 3. The molecule has 1 heterocycles. The molecule has 2 rings (SSSR count). The van der Waals surface area contributed by atoms with E-state index in [1.807, 2.05) is 7.05 Å². The highest BCUT2D eigenvalue weighted by molar-refractivity contribution is 14.0. The van der Waals surface area contributed by atoms with Gasteiger partial charge in [0, 0.05) is 52.4 Å². The Morgan fingerprint density at radius 1 is 1.14 bits per heavy atom. The number of aliphatic imine (C=N–C) groups is 1. The maximum Gasteiger partial charge on any atom is 0.191 e. The van der Waals surface area contributed by atoms with Gasteiger partial charge in [-0.15, -0.1) is 24.0 Å². The molecule has 1 saturated heterocycles. The van der Waals surface area contributed by atoms with Crippen LogP contribution in [0.3, 0.4) is 0 Å². The quantitative estimate of drug-likeness (QED) is 0.202. The summed E-state index contributed by atoms with van der Waals surface area (Å²) in [5.74, 6) is 0.924. The highest BCUT2D eigenvalue weighted by atomic mass is 127. The molecule has 28 heavy (non-hydrogen) atoms. The number of rotatable bonds is 10. The molecule has 1 aliphatic carbocycles. The zero-order chi connectivity index (χ0) is 19.4. The third-order valence-electron chi connectivity index (χ3n) is 5.96. The van der Waals surface area contributed by atoms with Crippen LogP contribution in [0.1, 0.15) is 38.5 Å². The van der Waals surface area contributed by atoms with Crippen LogP contribution in [0.4, 0.5) is 0 Å². The number of hydrogen-bond donors (Lipinski definition) is 2. The molecule has 166 valence electrons. The van der Waals surface area contributed by atoms with Crippen LogP contribution in [0.15, 0.2) is 4.99 Å². The van der Waals surface area contributed by atoms with Crippen molar-refractivity contribution in [2.75, 3.05) is 80.3 Å². The predicted molar refractivity (Wildman–Crippen MR) is 127 cm³/mol. The van der Waals surface area contributed by atoms with Crippen LogP contribution in [0.25, 0.3) is 0 Å². The fourth-order valence-electron chi connectivity index (χ4n) is 4.24. The lowest BCUT2D eigenvalue weighted by molar-refractivity contribution is -0.0352. The van der Waals surface area contributed by atoms with Crippen molar-refractivity contribution >= 4 is 29.9 Å². The summed E-state index contributed by atoms with van der Waals surface area (Å²) < 4.78 is 10.7. The molecule has 0 aromatic rings. The number of nitrogens with one attached hydrogen (secondary N) is 2. The summed E-state index contributed by atoms with van der Waals surface area (Å²) in [6.45, 7) is 8.58. The van der Waals surface area contributed by atoms with Gasteiger partial charge in [0.15, 0.2) is 5.96 Å². The molecule has 2 N–H and O–H groups in total. The van der Waals surface area contributed by atoms with Crippen molar-refractivity contribution in [2.24, 2.45) is 4.99 Å². The highest BCUT2D eigenvalue weighted by Gasteiger charge is 2.38. The van der Waals surface area contributed by atoms with Crippen molar-refractivity contribution in [3.63, 3.8) is 0 Å². The molecule has 8 heteroatoms. The average molecular weight is 511 g/mol. The first-order valence-electron chi connectivity index (χ1n) is 10.6. The number of methoxy groups -OCH3 is 1. The smallest absolute Gasteiger partial charge is 0.191 e. The van der Waals surface area contributed by atoms with E-state index in [1.54, 1.807) is 7.11 Å². The van der Waals surface area contributed by atoms with E-state index in [2.05, 4.69) is 32.5 Å². The van der Waals surface area contributed by atoms with E-state index in [1.165, 1.54) is 32.1 Å². The predicted octanol–water partition coefficient (Wildman–Crippen LogP) is 1.77. The molecule has 1 aliphatic heterocycles. The van der Waals surface area contributed by atoms with Crippen LogP contribution >= 0.6 is 24.0 Å². The van der Waals surface area contributed by atoms with Crippen LogP contribution in [-0.2, 0) is 9.47 Å². The first kappa shape index (κ1) is 25.9. The fraction of sp³-hybridized carbons (Fsp3) is 0.950. The Hall–Kier alpha value is -0.160. The van der Waals surface area contributed by atoms with Crippen LogP contribution in [-0.4, -0.2) is 102 Å². The van der Waals surface area contributed by atoms with Crippen molar-refractivity contribution in [1.29, 1.82) is 0 Å². The molecule has 0 unspecified atom stereocenters. The highest BCUT2D eigenvalue weighted by Crippen LogP contribution is 2.33. The van der Waals surface area contributed by atoms with Gasteiger partial charge in [-0.1, -0.05) is 19.3 Å². The van der Waals surface area contributed by atoms with Crippen molar-refractivity contribution in [1.82, 2.24) is 20.4 Å². The molecule has 0 aromatic carbocycles. The minimum Gasteiger partial charge on any atom is -0.383 e. The summed E-state index contributed by atoms with van der Waals surface area (Å²) in [6, 6.07) is 0. The van der Waals surface area contributed by atoms with Crippen molar-refractivity contribution in [3.8, 4) is 0 Å².